The summed E-state index contributed by atoms with van der Waals surface area (Å²) in [7, 11) is 0. The van der Waals surface area contributed by atoms with Gasteiger partial charge in [-0.3, -0.25) is 4.90 Å². The molecule has 1 heterocycles. The zero-order valence-corrected chi connectivity index (χ0v) is 15.7. The molecule has 2 fully saturated rings. The number of phenolic OH excluding ortho intramolecular Hbond substituents is 1. The van der Waals surface area contributed by atoms with Gasteiger partial charge in [-0.2, -0.15) is 0 Å². The van der Waals surface area contributed by atoms with Gasteiger partial charge < -0.3 is 5.11 Å². The normalized spacial score (nSPS) is 31.7. The fourth-order valence-corrected chi connectivity index (χ4v) is 6.43. The van der Waals surface area contributed by atoms with Crippen LogP contribution in [0.5, 0.6) is 5.75 Å². The zero-order valence-electron chi connectivity index (χ0n) is 15.7. The van der Waals surface area contributed by atoms with Crippen molar-refractivity contribution in [2.24, 2.45) is 5.92 Å². The Morgan fingerprint density at radius 1 is 1.08 bits per heavy atom. The minimum atomic E-state index is 0.308. The number of piperidine rings is 1. The van der Waals surface area contributed by atoms with Gasteiger partial charge in [0.2, 0.25) is 0 Å². The number of aromatic hydroxyl groups is 1. The second kappa shape index (κ2) is 6.13. The third kappa shape index (κ3) is 2.35. The summed E-state index contributed by atoms with van der Waals surface area (Å²) < 4.78 is 0. The lowest BCUT2D eigenvalue weighted by Gasteiger charge is -2.60. The molecule has 1 N–H and O–H groups in total. The van der Waals surface area contributed by atoms with Gasteiger partial charge in [0.1, 0.15) is 5.75 Å². The minimum absolute atomic E-state index is 0.308. The van der Waals surface area contributed by atoms with Crippen molar-refractivity contribution in [1.29, 1.82) is 0 Å². The minimum Gasteiger partial charge on any atom is -0.508 e. The molecule has 2 aliphatic carbocycles. The Balaban J connectivity index is 1.57. The van der Waals surface area contributed by atoms with E-state index in [1.165, 1.54) is 55.3 Å². The van der Waals surface area contributed by atoms with Crippen molar-refractivity contribution in [2.45, 2.75) is 62.9 Å². The number of hydrogen-bond acceptors (Lipinski definition) is 2. The lowest BCUT2D eigenvalue weighted by Crippen LogP contribution is -2.61. The van der Waals surface area contributed by atoms with Crippen LogP contribution >= 0.6 is 0 Å². The van der Waals surface area contributed by atoms with Crippen molar-refractivity contribution in [1.82, 2.24) is 4.90 Å². The van der Waals surface area contributed by atoms with Crippen molar-refractivity contribution < 1.29 is 5.11 Å². The van der Waals surface area contributed by atoms with Gasteiger partial charge >= 0.3 is 0 Å². The molecule has 1 saturated heterocycles. The molecule has 1 aliphatic heterocycles. The first-order chi connectivity index (χ1) is 12.7. The third-order valence-corrected chi connectivity index (χ3v) is 7.64. The largest absolute Gasteiger partial charge is 0.508 e. The molecule has 0 spiro atoms. The Morgan fingerprint density at radius 2 is 1.92 bits per heavy atom. The maximum atomic E-state index is 10.2. The van der Waals surface area contributed by atoms with E-state index in [-0.39, 0.29) is 0 Å². The third-order valence-electron chi connectivity index (χ3n) is 7.64. The summed E-state index contributed by atoms with van der Waals surface area (Å²) in [5, 5.41) is 10.2. The van der Waals surface area contributed by atoms with Crippen molar-refractivity contribution in [3.63, 3.8) is 0 Å². The fraction of sp³-hybridized carbons (Fsp3) is 0.500. The van der Waals surface area contributed by atoms with Crippen LogP contribution in [0, 0.1) is 5.92 Å². The molecule has 1 saturated carbocycles. The second-order valence-corrected chi connectivity index (χ2v) is 8.70. The highest BCUT2D eigenvalue weighted by molar-refractivity contribution is 5.45. The molecule has 0 amide bonds. The van der Waals surface area contributed by atoms with E-state index in [4.69, 9.17) is 0 Å². The Hall–Kier alpha value is -1.80. The van der Waals surface area contributed by atoms with E-state index in [1.54, 1.807) is 0 Å². The summed E-state index contributed by atoms with van der Waals surface area (Å²) in [5.41, 5.74) is 4.70. The molecule has 0 aromatic heterocycles. The van der Waals surface area contributed by atoms with E-state index >= 15 is 0 Å². The topological polar surface area (TPSA) is 23.5 Å². The van der Waals surface area contributed by atoms with Crippen LogP contribution in [-0.2, 0) is 11.8 Å². The van der Waals surface area contributed by atoms with E-state index in [0.717, 1.165) is 12.3 Å². The van der Waals surface area contributed by atoms with Crippen LogP contribution in [0.4, 0.5) is 0 Å². The summed E-state index contributed by atoms with van der Waals surface area (Å²) in [6.45, 7) is 3.56. The van der Waals surface area contributed by atoms with Crippen molar-refractivity contribution in [2.75, 3.05) is 6.54 Å². The van der Waals surface area contributed by atoms with E-state index in [1.807, 2.05) is 6.07 Å². The van der Waals surface area contributed by atoms with Gasteiger partial charge in [-0.25, -0.2) is 0 Å². The van der Waals surface area contributed by atoms with Gasteiger partial charge in [0.05, 0.1) is 0 Å². The Bertz CT molecular complexity index is 801. The number of fused-ring (bicyclic) bond motifs is 1. The summed E-state index contributed by atoms with van der Waals surface area (Å²) in [6.07, 6.45) is 7.73. The van der Waals surface area contributed by atoms with Gasteiger partial charge in [-0.1, -0.05) is 49.2 Å². The molecule has 2 aromatic rings. The summed E-state index contributed by atoms with van der Waals surface area (Å²) >= 11 is 0. The number of nitrogens with zero attached hydrogens (tertiary/aromatic N) is 1. The van der Waals surface area contributed by atoms with Gasteiger partial charge in [-0.15, -0.1) is 0 Å². The number of phenols is 1. The molecule has 2 heteroatoms. The SMILES string of the molecule is C[C@H](c1ccccc1)N1CC[C@@]23CCCC[C@@H]2[C@@H]1Cc1ccc(O)cc13. The van der Waals surface area contributed by atoms with Crippen molar-refractivity contribution >= 4 is 0 Å². The standard InChI is InChI=1S/C24H29NO/c1-17(18-7-3-2-4-8-18)25-14-13-24-12-6-5-9-21(24)23(25)15-19-10-11-20(26)16-22(19)24/h2-4,7-8,10-11,16-17,21,23,26H,5-6,9,12-15H2,1H3/t17-,21-,23+,24+/m1/s1. The molecule has 0 unspecified atom stereocenters. The Kier molecular flexibility index (Phi) is 3.86. The van der Waals surface area contributed by atoms with Gasteiger partial charge in [0, 0.05) is 17.5 Å². The second-order valence-electron chi connectivity index (χ2n) is 8.70. The van der Waals surface area contributed by atoms with Gasteiger partial charge in [0.25, 0.3) is 0 Å². The van der Waals surface area contributed by atoms with E-state index in [9.17, 15) is 5.11 Å². The molecule has 2 nitrogen and oxygen atoms in total. The highest BCUT2D eigenvalue weighted by atomic mass is 16.3. The predicted molar refractivity (Wildman–Crippen MR) is 105 cm³/mol. The number of benzene rings is 2. The number of likely N-dealkylation sites (tertiary alicyclic amines) is 1. The average Bonchev–Trinajstić information content (AvgIpc) is 2.69. The molecule has 136 valence electrons. The highest BCUT2D eigenvalue weighted by Gasteiger charge is 2.54. The van der Waals surface area contributed by atoms with Crippen molar-refractivity contribution in [3.8, 4) is 5.75 Å². The first-order valence-electron chi connectivity index (χ1n) is 10.3. The van der Waals surface area contributed by atoms with Crippen LogP contribution < -0.4 is 0 Å². The summed E-state index contributed by atoms with van der Waals surface area (Å²) in [6, 6.07) is 18.3. The molecule has 4 atom stereocenters. The smallest absolute Gasteiger partial charge is 0.115 e. The quantitative estimate of drug-likeness (QED) is 0.806. The maximum absolute atomic E-state index is 10.2. The molecule has 2 bridgehead atoms. The van der Waals surface area contributed by atoms with Crippen LogP contribution in [0.25, 0.3) is 0 Å². The molecular weight excluding hydrogens is 318 g/mol. The van der Waals surface area contributed by atoms with Crippen LogP contribution in [0.15, 0.2) is 48.5 Å². The predicted octanol–water partition coefficient (Wildman–Crippen LogP) is 5.21. The zero-order chi connectivity index (χ0) is 17.7. The Morgan fingerprint density at radius 3 is 2.77 bits per heavy atom. The molecule has 5 rings (SSSR count). The van der Waals surface area contributed by atoms with E-state index in [2.05, 4.69) is 54.3 Å². The monoisotopic (exact) mass is 347 g/mol. The molecular formula is C24H29NO. The number of rotatable bonds is 2. The van der Waals surface area contributed by atoms with Crippen LogP contribution in [0.2, 0.25) is 0 Å². The van der Waals surface area contributed by atoms with E-state index in [0.29, 0.717) is 23.2 Å². The van der Waals surface area contributed by atoms with Gasteiger partial charge in [-0.05, 0) is 73.9 Å². The summed E-state index contributed by atoms with van der Waals surface area (Å²) in [5.74, 6) is 1.19. The molecule has 0 radical (unpaired) electrons. The summed E-state index contributed by atoms with van der Waals surface area (Å²) in [4.78, 5) is 2.79. The molecule has 26 heavy (non-hydrogen) atoms. The van der Waals surface area contributed by atoms with Crippen LogP contribution in [-0.4, -0.2) is 22.6 Å². The molecule has 2 aromatic carbocycles. The first-order valence-corrected chi connectivity index (χ1v) is 10.3. The van der Waals surface area contributed by atoms with E-state index < -0.39 is 0 Å². The lowest BCUT2D eigenvalue weighted by atomic mass is 9.52. The van der Waals surface area contributed by atoms with Crippen LogP contribution in [0.1, 0.15) is 61.8 Å². The highest BCUT2D eigenvalue weighted by Crippen LogP contribution is 2.57. The Labute approximate surface area is 156 Å². The number of hydrogen-bond donors (Lipinski definition) is 1. The molecule has 3 aliphatic rings. The van der Waals surface area contributed by atoms with Crippen molar-refractivity contribution in [3.05, 3.63) is 65.2 Å². The fourth-order valence-electron chi connectivity index (χ4n) is 6.43. The maximum Gasteiger partial charge on any atom is 0.115 e. The lowest BCUT2D eigenvalue weighted by molar-refractivity contribution is -0.0308. The first kappa shape index (κ1) is 16.4. The van der Waals surface area contributed by atoms with Gasteiger partial charge in [0.15, 0.2) is 0 Å². The average molecular weight is 348 g/mol. The van der Waals surface area contributed by atoms with Crippen LogP contribution in [0.3, 0.4) is 0 Å².